The van der Waals surface area contributed by atoms with Crippen molar-refractivity contribution in [3.63, 3.8) is 0 Å². The molecule has 0 spiro atoms. The molecule has 3 heterocycles. The number of ether oxygens (including phenoxy) is 1. The van der Waals surface area contributed by atoms with E-state index in [4.69, 9.17) is 4.74 Å². The third-order valence-electron chi connectivity index (χ3n) is 6.71. The number of hydrogen-bond donors (Lipinski definition) is 0. The van der Waals surface area contributed by atoms with Crippen LogP contribution in [0.2, 0.25) is 0 Å². The molecule has 2 aliphatic rings. The van der Waals surface area contributed by atoms with E-state index in [-0.39, 0.29) is 17.0 Å². The van der Waals surface area contributed by atoms with Crippen molar-refractivity contribution in [1.82, 2.24) is 18.8 Å². The van der Waals surface area contributed by atoms with E-state index in [0.717, 1.165) is 35.2 Å². The van der Waals surface area contributed by atoms with Crippen LogP contribution in [0.25, 0.3) is 11.0 Å². The molecule has 2 aromatic heterocycles. The van der Waals surface area contributed by atoms with E-state index >= 15 is 0 Å². The SMILES string of the molecule is Cc1ccc(S(=O)(=O)n2cc(C3CC3)c3c(N4CCN(C(=O)OC(C)(C)C)[C@H](C)C4)ncnc32)cc1. The number of hydrogen-bond acceptors (Lipinski definition) is 7. The zero-order valence-electron chi connectivity index (χ0n) is 21.4. The number of aryl methyl sites for hydroxylation is 1. The van der Waals surface area contributed by atoms with E-state index in [2.05, 4.69) is 14.9 Å². The first-order chi connectivity index (χ1) is 17.0. The third kappa shape index (κ3) is 4.54. The summed E-state index contributed by atoms with van der Waals surface area (Å²) in [4.78, 5) is 25.9. The monoisotopic (exact) mass is 511 g/mol. The van der Waals surface area contributed by atoms with Crippen molar-refractivity contribution in [2.24, 2.45) is 0 Å². The number of anilines is 1. The second-order valence-electron chi connectivity index (χ2n) is 10.8. The van der Waals surface area contributed by atoms with Crippen molar-refractivity contribution in [2.75, 3.05) is 24.5 Å². The van der Waals surface area contributed by atoms with E-state index in [9.17, 15) is 13.2 Å². The summed E-state index contributed by atoms with van der Waals surface area (Å²) in [5.74, 6) is 1.02. The Hall–Kier alpha value is -3.14. The van der Waals surface area contributed by atoms with E-state index < -0.39 is 15.6 Å². The van der Waals surface area contributed by atoms with Crippen LogP contribution in [0.1, 0.15) is 57.6 Å². The van der Waals surface area contributed by atoms with E-state index in [1.54, 1.807) is 35.4 Å². The van der Waals surface area contributed by atoms with Gasteiger partial charge < -0.3 is 14.5 Å². The highest BCUT2D eigenvalue weighted by Crippen LogP contribution is 2.46. The lowest BCUT2D eigenvalue weighted by Crippen LogP contribution is -2.55. The first-order valence-corrected chi connectivity index (χ1v) is 13.8. The average molecular weight is 512 g/mol. The lowest BCUT2D eigenvalue weighted by Gasteiger charge is -2.40. The Morgan fingerprint density at radius 1 is 1.08 bits per heavy atom. The molecule has 0 radical (unpaired) electrons. The number of carbonyl (C=O) groups excluding carboxylic acids is 1. The molecule has 1 atom stereocenters. The van der Waals surface area contributed by atoms with Crippen molar-refractivity contribution in [3.8, 4) is 0 Å². The molecule has 1 amide bonds. The number of aromatic nitrogens is 3. The van der Waals surface area contributed by atoms with Crippen LogP contribution in [0.5, 0.6) is 0 Å². The van der Waals surface area contributed by atoms with E-state index in [1.165, 1.54) is 10.3 Å². The van der Waals surface area contributed by atoms with Crippen molar-refractivity contribution in [3.05, 3.63) is 47.9 Å². The van der Waals surface area contributed by atoms with Gasteiger partial charge in [0.15, 0.2) is 5.65 Å². The molecule has 10 heteroatoms. The summed E-state index contributed by atoms with van der Waals surface area (Å²) >= 11 is 0. The Kier molecular flexibility index (Phi) is 5.97. The van der Waals surface area contributed by atoms with Gasteiger partial charge in [-0.1, -0.05) is 17.7 Å². The normalized spacial score (nSPS) is 19.1. The van der Waals surface area contributed by atoms with Crippen molar-refractivity contribution in [2.45, 2.75) is 69.9 Å². The summed E-state index contributed by atoms with van der Waals surface area (Å²) in [5, 5.41) is 0.786. The number of carbonyl (C=O) groups is 1. The lowest BCUT2D eigenvalue weighted by atomic mass is 10.1. The second-order valence-corrected chi connectivity index (χ2v) is 12.7. The molecule has 0 bridgehead atoms. The van der Waals surface area contributed by atoms with Gasteiger partial charge in [-0.3, -0.25) is 0 Å². The zero-order valence-corrected chi connectivity index (χ0v) is 22.2. The molecule has 2 fully saturated rings. The highest BCUT2D eigenvalue weighted by Gasteiger charge is 2.36. The Morgan fingerprint density at radius 3 is 2.39 bits per heavy atom. The summed E-state index contributed by atoms with van der Waals surface area (Å²) in [6, 6.07) is 6.76. The minimum absolute atomic E-state index is 0.0960. The molecule has 36 heavy (non-hydrogen) atoms. The predicted molar refractivity (Wildman–Crippen MR) is 138 cm³/mol. The quantitative estimate of drug-likeness (QED) is 0.515. The van der Waals surface area contributed by atoms with Crippen LogP contribution in [-0.2, 0) is 14.8 Å². The van der Waals surface area contributed by atoms with Gasteiger partial charge in [-0.2, -0.15) is 0 Å². The second kappa shape index (κ2) is 8.76. The number of nitrogens with zero attached hydrogens (tertiary/aromatic N) is 5. The maximum atomic E-state index is 13.6. The maximum Gasteiger partial charge on any atom is 0.410 e. The number of rotatable bonds is 4. The number of piperazine rings is 1. The first kappa shape index (κ1) is 24.5. The fraction of sp³-hybridized carbons (Fsp3) is 0.500. The lowest BCUT2D eigenvalue weighted by molar-refractivity contribution is 0.0158. The molecule has 0 unspecified atom stereocenters. The summed E-state index contributed by atoms with van der Waals surface area (Å²) in [6.07, 6.45) is 4.87. The minimum atomic E-state index is -3.82. The molecule has 1 aliphatic carbocycles. The molecule has 3 aromatic rings. The molecule has 5 rings (SSSR count). The summed E-state index contributed by atoms with van der Waals surface area (Å²) in [6.45, 7) is 11.1. The van der Waals surface area contributed by atoms with E-state index in [0.29, 0.717) is 31.2 Å². The van der Waals surface area contributed by atoms with Crippen LogP contribution in [0.3, 0.4) is 0 Å². The molecule has 192 valence electrons. The van der Waals surface area contributed by atoms with E-state index in [1.807, 2.05) is 34.6 Å². The highest BCUT2D eigenvalue weighted by atomic mass is 32.2. The molecule has 1 saturated heterocycles. The molecule has 1 aromatic carbocycles. The van der Waals surface area contributed by atoms with Crippen LogP contribution < -0.4 is 4.90 Å². The van der Waals surface area contributed by atoms with Crippen LogP contribution in [0.4, 0.5) is 10.6 Å². The van der Waals surface area contributed by atoms with Crippen LogP contribution >= 0.6 is 0 Å². The maximum absolute atomic E-state index is 13.6. The zero-order chi connectivity index (χ0) is 25.8. The predicted octanol–water partition coefficient (Wildman–Crippen LogP) is 4.30. The van der Waals surface area contributed by atoms with Gasteiger partial charge in [-0.15, -0.1) is 0 Å². The fourth-order valence-electron chi connectivity index (χ4n) is 4.74. The molecule has 1 saturated carbocycles. The fourth-order valence-corrected chi connectivity index (χ4v) is 6.06. The third-order valence-corrected chi connectivity index (χ3v) is 8.38. The van der Waals surface area contributed by atoms with Gasteiger partial charge in [0, 0.05) is 31.9 Å². The summed E-state index contributed by atoms with van der Waals surface area (Å²) in [5.41, 5.74) is 1.80. The summed E-state index contributed by atoms with van der Waals surface area (Å²) in [7, 11) is -3.82. The topological polar surface area (TPSA) is 97.6 Å². The average Bonchev–Trinajstić information content (AvgIpc) is 3.57. The van der Waals surface area contributed by atoms with Gasteiger partial charge in [0.25, 0.3) is 10.0 Å². The smallest absolute Gasteiger partial charge is 0.410 e. The minimum Gasteiger partial charge on any atom is -0.444 e. The molecule has 0 N–H and O–H groups in total. The first-order valence-electron chi connectivity index (χ1n) is 12.4. The highest BCUT2D eigenvalue weighted by molar-refractivity contribution is 7.90. The van der Waals surface area contributed by atoms with Gasteiger partial charge in [0.2, 0.25) is 0 Å². The Labute approximate surface area is 212 Å². The van der Waals surface area contributed by atoms with Crippen LogP contribution in [0, 0.1) is 6.92 Å². The van der Waals surface area contributed by atoms with Gasteiger partial charge >= 0.3 is 6.09 Å². The van der Waals surface area contributed by atoms with Crippen LogP contribution in [-0.4, -0.2) is 64.6 Å². The Morgan fingerprint density at radius 2 is 1.78 bits per heavy atom. The number of benzene rings is 1. The molecule has 9 nitrogen and oxygen atoms in total. The van der Waals surface area contributed by atoms with Crippen molar-refractivity contribution >= 4 is 33.0 Å². The van der Waals surface area contributed by atoms with Gasteiger partial charge in [-0.05, 0) is 71.1 Å². The number of fused-ring (bicyclic) bond motifs is 1. The van der Waals surface area contributed by atoms with Crippen molar-refractivity contribution < 1.29 is 17.9 Å². The Bertz CT molecular complexity index is 1400. The summed E-state index contributed by atoms with van der Waals surface area (Å²) < 4.78 is 34.1. The molecule has 1 aliphatic heterocycles. The van der Waals surface area contributed by atoms with Gasteiger partial charge in [-0.25, -0.2) is 27.2 Å². The van der Waals surface area contributed by atoms with Crippen molar-refractivity contribution in [1.29, 1.82) is 0 Å². The molecular weight excluding hydrogens is 478 g/mol. The molecular formula is C26H33N5O4S. The van der Waals surface area contributed by atoms with Gasteiger partial charge in [0.1, 0.15) is 17.7 Å². The standard InChI is InChI=1S/C26H33N5O4S/c1-17-6-10-20(11-7-17)36(33,34)31-15-21(19-8-9-19)22-23(27-16-28-24(22)31)29-12-13-30(18(2)14-29)25(32)35-26(3,4)5/h6-7,10-11,15-16,18-19H,8-9,12-14H2,1-5H3/t18-/m1/s1. The number of amides is 1. The largest absolute Gasteiger partial charge is 0.444 e. The van der Waals surface area contributed by atoms with Gasteiger partial charge in [0.05, 0.1) is 10.3 Å². The Balaban J connectivity index is 1.52. The van der Waals surface area contributed by atoms with Crippen LogP contribution in [0.15, 0.2) is 41.7 Å².